The summed E-state index contributed by atoms with van der Waals surface area (Å²) in [6.07, 6.45) is 1.80. The van der Waals surface area contributed by atoms with Crippen LogP contribution in [0.1, 0.15) is 11.1 Å². The van der Waals surface area contributed by atoms with Crippen LogP contribution in [0.4, 0.5) is 0 Å². The number of carbonyl (C=O) groups is 1. The molecule has 0 saturated carbocycles. The molecule has 16 heavy (non-hydrogen) atoms. The van der Waals surface area contributed by atoms with Crippen LogP contribution in [0.5, 0.6) is 0 Å². The minimum absolute atomic E-state index is 0.0921. The van der Waals surface area contributed by atoms with Crippen LogP contribution in [0.3, 0.4) is 0 Å². The van der Waals surface area contributed by atoms with Gasteiger partial charge >= 0.3 is 0 Å². The van der Waals surface area contributed by atoms with Crippen LogP contribution < -0.4 is 5.32 Å². The number of rotatable bonds is 1. The minimum atomic E-state index is -0.0921. The smallest absolute Gasteiger partial charge is 0.276 e. The highest BCUT2D eigenvalue weighted by molar-refractivity contribution is 7.80. The minimum Gasteiger partial charge on any atom is -0.328 e. The second kappa shape index (κ2) is 4.06. The number of hydrogen-bond donors (Lipinski definition) is 1. The Labute approximate surface area is 99.8 Å². The highest BCUT2D eigenvalue weighted by Gasteiger charge is 2.26. The fraction of sp³-hybridized carbons (Fsp3) is 0.167. The van der Waals surface area contributed by atoms with Crippen molar-refractivity contribution in [2.24, 2.45) is 0 Å². The molecular weight excluding hydrogens is 220 g/mol. The van der Waals surface area contributed by atoms with E-state index in [1.54, 1.807) is 13.1 Å². The van der Waals surface area contributed by atoms with Gasteiger partial charge in [-0.1, -0.05) is 29.8 Å². The molecule has 1 aromatic carbocycles. The first-order valence-corrected chi connectivity index (χ1v) is 5.36. The molecule has 0 spiro atoms. The van der Waals surface area contributed by atoms with E-state index >= 15 is 0 Å². The lowest BCUT2D eigenvalue weighted by Crippen LogP contribution is -2.25. The number of carbonyl (C=O) groups excluding carboxylic acids is 1. The molecule has 2 rings (SSSR count). The number of amides is 1. The first-order valence-electron chi connectivity index (χ1n) is 4.95. The lowest BCUT2D eigenvalue weighted by Gasteiger charge is -2.02. The Kier molecular flexibility index (Phi) is 2.75. The van der Waals surface area contributed by atoms with Gasteiger partial charge in [0.2, 0.25) is 0 Å². The average Bonchev–Trinajstić information content (AvgIpc) is 2.50. The summed E-state index contributed by atoms with van der Waals surface area (Å²) >= 11 is 4.99. The van der Waals surface area contributed by atoms with E-state index in [0.29, 0.717) is 10.8 Å². The van der Waals surface area contributed by atoms with Gasteiger partial charge in [0, 0.05) is 7.05 Å². The van der Waals surface area contributed by atoms with Gasteiger partial charge in [0.1, 0.15) is 5.70 Å². The number of benzene rings is 1. The lowest BCUT2D eigenvalue weighted by atomic mass is 10.1. The maximum absolute atomic E-state index is 11.7. The molecule has 1 aromatic rings. The topological polar surface area (TPSA) is 32.3 Å². The average molecular weight is 232 g/mol. The van der Waals surface area contributed by atoms with Crippen molar-refractivity contribution in [3.05, 3.63) is 41.1 Å². The van der Waals surface area contributed by atoms with E-state index in [0.717, 1.165) is 5.56 Å². The highest BCUT2D eigenvalue weighted by atomic mass is 32.1. The molecule has 0 atom stereocenters. The van der Waals surface area contributed by atoms with Crippen molar-refractivity contribution in [3.63, 3.8) is 0 Å². The van der Waals surface area contributed by atoms with Crippen LogP contribution in [0, 0.1) is 6.92 Å². The molecule has 0 bridgehead atoms. The Morgan fingerprint density at radius 2 is 1.94 bits per heavy atom. The molecule has 1 aliphatic heterocycles. The van der Waals surface area contributed by atoms with Gasteiger partial charge < -0.3 is 5.32 Å². The van der Waals surface area contributed by atoms with Crippen LogP contribution in [0.15, 0.2) is 30.0 Å². The van der Waals surface area contributed by atoms with Crippen molar-refractivity contribution in [3.8, 4) is 0 Å². The van der Waals surface area contributed by atoms with E-state index in [2.05, 4.69) is 5.32 Å². The normalized spacial score (nSPS) is 18.1. The molecular formula is C12H12N2OS. The number of nitrogens with one attached hydrogen (secondary N) is 1. The molecule has 0 radical (unpaired) electrons. The van der Waals surface area contributed by atoms with E-state index in [1.807, 2.05) is 31.2 Å². The summed E-state index contributed by atoms with van der Waals surface area (Å²) < 4.78 is 0. The Balaban J connectivity index is 2.29. The summed E-state index contributed by atoms with van der Waals surface area (Å²) in [5, 5.41) is 3.33. The standard InChI is InChI=1S/C12H12N2OS/c1-8-3-5-9(6-4-8)7-10-11(15)14(2)12(16)13-10/h3-7H,1-2H3,(H,13,16)/b10-7+. The number of nitrogens with zero attached hydrogens (tertiary/aromatic N) is 1. The quantitative estimate of drug-likeness (QED) is 0.590. The summed E-state index contributed by atoms with van der Waals surface area (Å²) in [5.41, 5.74) is 2.70. The SMILES string of the molecule is Cc1ccc(/C=C2/NC(=S)N(C)C2=O)cc1. The summed E-state index contributed by atoms with van der Waals surface area (Å²) in [4.78, 5) is 13.1. The van der Waals surface area contributed by atoms with Gasteiger partial charge in [0.25, 0.3) is 5.91 Å². The molecule has 1 saturated heterocycles. The third-order valence-electron chi connectivity index (χ3n) is 2.47. The Hall–Kier alpha value is -1.68. The zero-order valence-corrected chi connectivity index (χ0v) is 9.97. The van der Waals surface area contributed by atoms with Gasteiger partial charge in [0.15, 0.2) is 5.11 Å². The second-order valence-electron chi connectivity index (χ2n) is 3.76. The Bertz CT molecular complexity index is 476. The molecule has 1 fully saturated rings. The summed E-state index contributed by atoms with van der Waals surface area (Å²) in [5.74, 6) is -0.0921. The predicted octanol–water partition coefficient (Wildman–Crippen LogP) is 1.68. The Morgan fingerprint density at radius 1 is 1.31 bits per heavy atom. The van der Waals surface area contributed by atoms with Gasteiger partial charge in [-0.25, -0.2) is 0 Å². The molecule has 1 aliphatic rings. The number of thiocarbonyl (C=S) groups is 1. The van der Waals surface area contributed by atoms with E-state index in [1.165, 1.54) is 10.5 Å². The van der Waals surface area contributed by atoms with E-state index in [-0.39, 0.29) is 5.91 Å². The van der Waals surface area contributed by atoms with Crippen LogP contribution in [0.2, 0.25) is 0 Å². The van der Waals surface area contributed by atoms with Gasteiger partial charge in [0.05, 0.1) is 0 Å². The van der Waals surface area contributed by atoms with E-state index in [4.69, 9.17) is 12.2 Å². The van der Waals surface area contributed by atoms with E-state index < -0.39 is 0 Å². The first-order chi connectivity index (χ1) is 7.58. The molecule has 4 heteroatoms. The summed E-state index contributed by atoms with van der Waals surface area (Å²) in [7, 11) is 1.66. The molecule has 3 nitrogen and oxygen atoms in total. The zero-order valence-electron chi connectivity index (χ0n) is 9.15. The van der Waals surface area contributed by atoms with Crippen LogP contribution >= 0.6 is 12.2 Å². The number of aryl methyl sites for hydroxylation is 1. The molecule has 82 valence electrons. The first kappa shape index (κ1) is 10.8. The van der Waals surface area contributed by atoms with E-state index in [9.17, 15) is 4.79 Å². The lowest BCUT2D eigenvalue weighted by molar-refractivity contribution is -0.121. The molecule has 0 aliphatic carbocycles. The van der Waals surface area contributed by atoms with Crippen molar-refractivity contribution < 1.29 is 4.79 Å². The maximum Gasteiger partial charge on any atom is 0.276 e. The molecule has 0 unspecified atom stereocenters. The van der Waals surface area contributed by atoms with Crippen molar-refractivity contribution in [1.82, 2.24) is 10.2 Å². The Morgan fingerprint density at radius 3 is 2.44 bits per heavy atom. The van der Waals surface area contributed by atoms with Crippen molar-refractivity contribution in [1.29, 1.82) is 0 Å². The molecule has 0 aromatic heterocycles. The summed E-state index contributed by atoms with van der Waals surface area (Å²) in [6.45, 7) is 2.03. The molecule has 1 N–H and O–H groups in total. The van der Waals surface area contributed by atoms with Crippen LogP contribution in [0.25, 0.3) is 6.08 Å². The molecule has 1 amide bonds. The zero-order chi connectivity index (χ0) is 11.7. The largest absolute Gasteiger partial charge is 0.328 e. The van der Waals surface area contributed by atoms with Crippen molar-refractivity contribution in [2.45, 2.75) is 6.92 Å². The third-order valence-corrected chi connectivity index (χ3v) is 2.85. The molecule has 1 heterocycles. The predicted molar refractivity (Wildman–Crippen MR) is 67.7 cm³/mol. The van der Waals surface area contributed by atoms with Gasteiger partial charge in [-0.15, -0.1) is 0 Å². The van der Waals surface area contributed by atoms with Gasteiger partial charge in [-0.3, -0.25) is 9.69 Å². The van der Waals surface area contributed by atoms with Crippen LogP contribution in [-0.2, 0) is 4.79 Å². The summed E-state index contributed by atoms with van der Waals surface area (Å²) in [6, 6.07) is 7.96. The highest BCUT2D eigenvalue weighted by Crippen LogP contribution is 2.13. The second-order valence-corrected chi connectivity index (χ2v) is 4.15. The third kappa shape index (κ3) is 1.97. The maximum atomic E-state index is 11.7. The number of likely N-dealkylation sites (N-methyl/N-ethyl adjacent to an activating group) is 1. The van der Waals surface area contributed by atoms with Crippen molar-refractivity contribution in [2.75, 3.05) is 7.05 Å². The fourth-order valence-electron chi connectivity index (χ4n) is 1.45. The van der Waals surface area contributed by atoms with Gasteiger partial charge in [-0.2, -0.15) is 0 Å². The van der Waals surface area contributed by atoms with Gasteiger partial charge in [-0.05, 0) is 30.8 Å². The fourth-order valence-corrected chi connectivity index (χ4v) is 1.65. The number of hydrogen-bond acceptors (Lipinski definition) is 2. The monoisotopic (exact) mass is 232 g/mol. The van der Waals surface area contributed by atoms with Crippen molar-refractivity contribution >= 4 is 29.3 Å². The van der Waals surface area contributed by atoms with Crippen LogP contribution in [-0.4, -0.2) is 23.0 Å².